The number of fused-ring (bicyclic) bond motifs is 2. The molecule has 3 heterocycles. The van der Waals surface area contributed by atoms with E-state index in [2.05, 4.69) is 5.32 Å². The van der Waals surface area contributed by atoms with Crippen LogP contribution >= 0.6 is 18.9 Å². The van der Waals surface area contributed by atoms with Crippen molar-refractivity contribution in [2.75, 3.05) is 26.2 Å². The van der Waals surface area contributed by atoms with Gasteiger partial charge in [0.1, 0.15) is 18.2 Å². The van der Waals surface area contributed by atoms with Gasteiger partial charge in [0.05, 0.1) is 18.0 Å². The van der Waals surface area contributed by atoms with Gasteiger partial charge in [0.2, 0.25) is 11.8 Å². The second-order valence-electron chi connectivity index (χ2n) is 13.1. The van der Waals surface area contributed by atoms with Crippen molar-refractivity contribution in [3.63, 3.8) is 0 Å². The maximum absolute atomic E-state index is 14.5. The predicted octanol–water partition coefficient (Wildman–Crippen LogP) is 6.21. The molecule has 270 valence electrons. The third kappa shape index (κ3) is 7.24. The minimum atomic E-state index is -5.79. The molecule has 2 aliphatic rings. The first-order valence-corrected chi connectivity index (χ1v) is 19.3. The third-order valence-electron chi connectivity index (χ3n) is 9.68. The van der Waals surface area contributed by atoms with Gasteiger partial charge in [0.25, 0.3) is 5.91 Å². The second kappa shape index (κ2) is 14.5. The number of likely N-dealkylation sites (tertiary alicyclic amines) is 1. The zero-order valence-electron chi connectivity index (χ0n) is 27.9. The number of nitrogens with one attached hydrogen (secondary N) is 1. The van der Waals surface area contributed by atoms with Gasteiger partial charge in [-0.25, -0.2) is 0 Å². The third-order valence-corrected chi connectivity index (χ3v) is 11.8. The number of carbonyl (C=O) groups is 3. The maximum Gasteiger partial charge on any atom is 0.399 e. The van der Waals surface area contributed by atoms with Crippen LogP contribution in [0.3, 0.4) is 0 Å². The minimum Gasteiger partial charge on any atom is -0.370 e. The first-order chi connectivity index (χ1) is 24.9. The Morgan fingerprint density at radius 2 is 1.67 bits per heavy atom. The van der Waals surface area contributed by atoms with Gasteiger partial charge < -0.3 is 29.6 Å². The van der Waals surface area contributed by atoms with Crippen LogP contribution in [-0.2, 0) is 31.0 Å². The van der Waals surface area contributed by atoms with Crippen LogP contribution in [0.25, 0.3) is 20.9 Å². The maximum atomic E-state index is 14.5. The highest BCUT2D eigenvalue weighted by Gasteiger charge is 2.50. The average Bonchev–Trinajstić information content (AvgIpc) is 3.82. The number of benzene rings is 4. The highest BCUT2D eigenvalue weighted by atomic mass is 32.1. The molecule has 3 atom stereocenters. The Bertz CT molecular complexity index is 2190. The molecule has 2 saturated heterocycles. The predicted molar refractivity (Wildman–Crippen MR) is 193 cm³/mol. The summed E-state index contributed by atoms with van der Waals surface area (Å²) in [7, 11) is -5.79. The summed E-state index contributed by atoms with van der Waals surface area (Å²) < 4.78 is 46.8. The molecular formula is C38H36F2N3O7PS. The number of alkyl halides is 2. The normalized spacial score (nSPS) is 18.8. The molecule has 3 unspecified atom stereocenters. The summed E-state index contributed by atoms with van der Waals surface area (Å²) in [6.07, 6.45) is 0.935. The number of halogens is 2. The van der Waals surface area contributed by atoms with Crippen molar-refractivity contribution in [3.8, 4) is 0 Å². The molecule has 2 fully saturated rings. The topological polar surface area (TPSA) is 136 Å². The van der Waals surface area contributed by atoms with E-state index in [1.165, 1.54) is 12.1 Å². The molecule has 0 bridgehead atoms. The Labute approximate surface area is 302 Å². The van der Waals surface area contributed by atoms with E-state index in [0.717, 1.165) is 45.4 Å². The zero-order valence-corrected chi connectivity index (χ0v) is 29.6. The van der Waals surface area contributed by atoms with E-state index < -0.39 is 42.7 Å². The summed E-state index contributed by atoms with van der Waals surface area (Å²) in [6.45, 7) is 1.45. The first-order valence-electron chi connectivity index (χ1n) is 16.9. The molecule has 0 aliphatic carbocycles. The molecule has 3 N–H and O–H groups in total. The Morgan fingerprint density at radius 3 is 2.44 bits per heavy atom. The Hall–Kier alpha value is -4.52. The second-order valence-corrected chi connectivity index (χ2v) is 15.8. The monoisotopic (exact) mass is 747 g/mol. The molecule has 0 saturated carbocycles. The smallest absolute Gasteiger partial charge is 0.370 e. The van der Waals surface area contributed by atoms with Crippen molar-refractivity contribution >= 4 is 57.5 Å². The van der Waals surface area contributed by atoms with Crippen LogP contribution in [0.5, 0.6) is 0 Å². The lowest BCUT2D eigenvalue weighted by Gasteiger charge is -2.37. The van der Waals surface area contributed by atoms with E-state index in [9.17, 15) is 37.5 Å². The highest BCUT2D eigenvalue weighted by Crippen LogP contribution is 2.59. The fourth-order valence-corrected chi connectivity index (χ4v) is 8.38. The summed E-state index contributed by atoms with van der Waals surface area (Å²) in [6, 6.07) is 25.9. The van der Waals surface area contributed by atoms with Gasteiger partial charge in [0, 0.05) is 29.8 Å². The number of ether oxygens (including phenoxy) is 1. The quantitative estimate of drug-likeness (QED) is 0.153. The van der Waals surface area contributed by atoms with Crippen LogP contribution in [0.4, 0.5) is 8.78 Å². The van der Waals surface area contributed by atoms with E-state index in [0.29, 0.717) is 43.8 Å². The molecule has 5 aromatic rings. The number of carbonyl (C=O) groups excluding carboxylic acids is 3. The number of thiophene rings is 1. The number of hydrogen-bond donors (Lipinski definition) is 3. The van der Waals surface area contributed by atoms with Gasteiger partial charge in [0.15, 0.2) is 0 Å². The molecule has 4 aromatic carbocycles. The minimum absolute atomic E-state index is 0.122. The van der Waals surface area contributed by atoms with Crippen molar-refractivity contribution in [2.45, 2.75) is 43.1 Å². The van der Waals surface area contributed by atoms with E-state index in [1.807, 2.05) is 72.8 Å². The van der Waals surface area contributed by atoms with E-state index in [-0.39, 0.29) is 28.7 Å². The molecule has 7 rings (SSSR count). The zero-order chi connectivity index (χ0) is 36.6. The Balaban J connectivity index is 1.14. The molecule has 10 nitrogen and oxygen atoms in total. The lowest BCUT2D eigenvalue weighted by atomic mass is 10.00. The lowest BCUT2D eigenvalue weighted by molar-refractivity contribution is -0.149. The largest absolute Gasteiger partial charge is 0.399 e. The van der Waals surface area contributed by atoms with Gasteiger partial charge in [-0.1, -0.05) is 78.9 Å². The van der Waals surface area contributed by atoms with Gasteiger partial charge >= 0.3 is 13.3 Å². The average molecular weight is 748 g/mol. The summed E-state index contributed by atoms with van der Waals surface area (Å²) in [5, 5.41) is 5.03. The number of morpholine rings is 1. The van der Waals surface area contributed by atoms with Crippen molar-refractivity contribution in [3.05, 3.63) is 119 Å². The van der Waals surface area contributed by atoms with Gasteiger partial charge in [-0.15, -0.1) is 11.3 Å². The molecule has 3 amide bonds. The van der Waals surface area contributed by atoms with E-state index >= 15 is 0 Å². The molecule has 14 heteroatoms. The molecule has 0 spiro atoms. The van der Waals surface area contributed by atoms with Crippen molar-refractivity contribution in [1.82, 2.24) is 15.1 Å². The number of hydrogen-bond acceptors (Lipinski definition) is 6. The van der Waals surface area contributed by atoms with E-state index in [4.69, 9.17) is 4.74 Å². The van der Waals surface area contributed by atoms with Crippen molar-refractivity contribution in [1.29, 1.82) is 0 Å². The van der Waals surface area contributed by atoms with Crippen molar-refractivity contribution in [2.24, 2.45) is 0 Å². The molecule has 2 aliphatic heterocycles. The summed E-state index contributed by atoms with van der Waals surface area (Å²) in [4.78, 5) is 64.1. The molecular weight excluding hydrogens is 711 g/mol. The fraction of sp³-hybridized carbons (Fsp3) is 0.289. The highest BCUT2D eigenvalue weighted by molar-refractivity contribution is 7.52. The Morgan fingerprint density at radius 1 is 0.923 bits per heavy atom. The van der Waals surface area contributed by atoms with Crippen LogP contribution in [0.15, 0.2) is 97.1 Å². The first kappa shape index (κ1) is 35.9. The summed E-state index contributed by atoms with van der Waals surface area (Å²) in [5.74, 6) is -1.20. The van der Waals surface area contributed by atoms with Crippen LogP contribution in [0, 0.1) is 0 Å². The molecule has 1 aromatic heterocycles. The van der Waals surface area contributed by atoms with Gasteiger partial charge in [-0.05, 0) is 58.3 Å². The van der Waals surface area contributed by atoms with Crippen LogP contribution in [0.1, 0.15) is 45.3 Å². The van der Waals surface area contributed by atoms with Gasteiger partial charge in [-0.2, -0.15) is 8.78 Å². The van der Waals surface area contributed by atoms with Crippen molar-refractivity contribution < 1.29 is 42.3 Å². The molecule has 52 heavy (non-hydrogen) atoms. The summed E-state index contributed by atoms with van der Waals surface area (Å²) in [5.41, 5.74) is -3.52. The van der Waals surface area contributed by atoms with Crippen LogP contribution in [0.2, 0.25) is 0 Å². The molecule has 0 radical (unpaired) electrons. The number of rotatable bonds is 9. The fourth-order valence-electron chi connectivity index (χ4n) is 6.96. The standard InChI is InChI=1S/C38H36F2N3O7PS/c39-38(40,51(47,48)49)29-14-15-33-28(21-29)22-34(52-33)35(44)41-30(20-24-12-13-25-7-4-5-10-27(25)19-24)36(45)43-16-6-11-31(43)37(46)42-17-18-50-32(23-42)26-8-2-1-3-9-26/h1-5,7-10,12-15,19,21-22,30-32H,6,11,16-18,20,23H2,(H,41,44)(H2,47,48,49). The van der Waals surface area contributed by atoms with E-state index in [1.54, 1.807) is 9.80 Å². The number of nitrogens with zero attached hydrogens (tertiary/aromatic N) is 2. The van der Waals surface area contributed by atoms with Crippen LogP contribution in [-0.4, -0.2) is 75.6 Å². The SMILES string of the molecule is O=C(NC(Cc1ccc2ccccc2c1)C(=O)N1CCCC1C(=O)N1CCOC(c2ccccc2)C1)c1cc2cc(C(F)(F)P(=O)(O)O)ccc2s1. The number of amides is 3. The van der Waals surface area contributed by atoms with Crippen LogP contribution < -0.4 is 5.32 Å². The summed E-state index contributed by atoms with van der Waals surface area (Å²) >= 11 is 1.00. The van der Waals surface area contributed by atoms with Gasteiger partial charge in [-0.3, -0.25) is 18.9 Å². The Kier molecular flexibility index (Phi) is 9.99. The lowest BCUT2D eigenvalue weighted by Crippen LogP contribution is -2.56.